The van der Waals surface area contributed by atoms with Crippen LogP contribution >= 0.6 is 0 Å². The van der Waals surface area contributed by atoms with Crippen molar-refractivity contribution in [1.82, 2.24) is 14.2 Å². The van der Waals surface area contributed by atoms with Crippen molar-refractivity contribution in [3.05, 3.63) is 53.7 Å². The molecule has 0 saturated carbocycles. The van der Waals surface area contributed by atoms with Crippen molar-refractivity contribution in [3.8, 4) is 5.88 Å². The Kier molecular flexibility index (Phi) is 6.46. The van der Waals surface area contributed by atoms with Gasteiger partial charge in [0, 0.05) is 38.4 Å². The maximum absolute atomic E-state index is 13.9. The summed E-state index contributed by atoms with van der Waals surface area (Å²) in [5.41, 5.74) is 0.0656. The summed E-state index contributed by atoms with van der Waals surface area (Å²) in [7, 11) is -4.44. The molecule has 31 heavy (non-hydrogen) atoms. The molecule has 0 atom stereocenters. The fraction of sp³-hybridized carbons (Fsp3) is 0.333. The van der Waals surface area contributed by atoms with Crippen LogP contribution in [0, 0.1) is 11.6 Å². The molecule has 3 rings (SSSR count). The molecule has 1 aromatic carbocycles. The number of ether oxygens (including phenoxy) is 1. The first-order valence-corrected chi connectivity index (χ1v) is 10.3. The van der Waals surface area contributed by atoms with Crippen molar-refractivity contribution in [1.29, 1.82) is 0 Å². The van der Waals surface area contributed by atoms with Gasteiger partial charge in [-0.1, -0.05) is 6.07 Å². The van der Waals surface area contributed by atoms with Crippen LogP contribution < -0.4 is 4.74 Å². The number of alkyl halides is 3. The average molecular weight is 465 g/mol. The first-order valence-electron chi connectivity index (χ1n) is 8.88. The number of aromatic nitrogens is 1. The van der Waals surface area contributed by atoms with Gasteiger partial charge >= 0.3 is 6.18 Å². The van der Waals surface area contributed by atoms with E-state index in [1.165, 1.54) is 11.0 Å². The van der Waals surface area contributed by atoms with Crippen LogP contribution in [0.1, 0.15) is 10.4 Å². The topological polar surface area (TPSA) is 79.8 Å². The number of halogens is 5. The van der Waals surface area contributed by atoms with E-state index in [4.69, 9.17) is 0 Å². The fourth-order valence-electron chi connectivity index (χ4n) is 2.92. The number of carbonyl (C=O) groups is 1. The Hall–Kier alpha value is -2.80. The van der Waals surface area contributed by atoms with E-state index in [0.29, 0.717) is 0 Å². The summed E-state index contributed by atoms with van der Waals surface area (Å²) in [6.07, 6.45) is -3.48. The molecule has 2 heterocycles. The van der Waals surface area contributed by atoms with Gasteiger partial charge in [0.05, 0.1) is 5.56 Å². The molecule has 2 aromatic rings. The Morgan fingerprint density at radius 2 is 1.65 bits per heavy atom. The lowest BCUT2D eigenvalue weighted by atomic mass is 10.2. The standard InChI is InChI=1S/C18H16F5N3O4S/c19-13-2-1-3-14(20)16(13)31(28,29)26-8-6-25(7-9-26)17(27)12-4-5-15(24-10-12)30-11-18(21,22)23/h1-5,10H,6-9,11H2. The average Bonchev–Trinajstić information content (AvgIpc) is 2.71. The van der Waals surface area contributed by atoms with Crippen LogP contribution in [0.25, 0.3) is 0 Å². The number of benzene rings is 1. The second-order valence-corrected chi connectivity index (χ2v) is 8.41. The summed E-state index contributed by atoms with van der Waals surface area (Å²) < 4.78 is 94.8. The monoisotopic (exact) mass is 465 g/mol. The van der Waals surface area contributed by atoms with Gasteiger partial charge in [-0.2, -0.15) is 17.5 Å². The SMILES string of the molecule is O=C(c1ccc(OCC(F)(F)F)nc1)N1CCN(S(=O)(=O)c2c(F)cccc2F)CC1. The Labute approximate surface area is 174 Å². The number of nitrogens with zero attached hydrogens (tertiary/aromatic N) is 3. The molecular weight excluding hydrogens is 449 g/mol. The maximum atomic E-state index is 13.9. The highest BCUT2D eigenvalue weighted by molar-refractivity contribution is 7.89. The van der Waals surface area contributed by atoms with Gasteiger partial charge in [-0.15, -0.1) is 0 Å². The van der Waals surface area contributed by atoms with E-state index in [1.807, 2.05) is 0 Å². The van der Waals surface area contributed by atoms with Crippen molar-refractivity contribution in [2.45, 2.75) is 11.1 Å². The van der Waals surface area contributed by atoms with Gasteiger partial charge in [0.25, 0.3) is 5.91 Å². The minimum Gasteiger partial charge on any atom is -0.468 e. The summed E-state index contributed by atoms with van der Waals surface area (Å²) in [5.74, 6) is -3.25. The van der Waals surface area contributed by atoms with Crippen LogP contribution in [-0.2, 0) is 10.0 Å². The lowest BCUT2D eigenvalue weighted by molar-refractivity contribution is -0.154. The van der Waals surface area contributed by atoms with Crippen molar-refractivity contribution < 1.29 is 39.9 Å². The predicted octanol–water partition coefficient (Wildman–Crippen LogP) is 2.45. The first-order chi connectivity index (χ1) is 14.5. The maximum Gasteiger partial charge on any atom is 0.422 e. The van der Waals surface area contributed by atoms with Crippen molar-refractivity contribution in [2.24, 2.45) is 0 Å². The van der Waals surface area contributed by atoms with Gasteiger partial charge in [0.2, 0.25) is 15.9 Å². The smallest absolute Gasteiger partial charge is 0.422 e. The van der Waals surface area contributed by atoms with Crippen LogP contribution in [0.3, 0.4) is 0 Å². The lowest BCUT2D eigenvalue weighted by Crippen LogP contribution is -2.50. The molecule has 7 nitrogen and oxygen atoms in total. The zero-order valence-corrected chi connectivity index (χ0v) is 16.6. The third kappa shape index (κ3) is 5.28. The van der Waals surface area contributed by atoms with Crippen molar-refractivity contribution in [3.63, 3.8) is 0 Å². The zero-order chi connectivity index (χ0) is 22.8. The molecule has 1 saturated heterocycles. The molecule has 1 aromatic heterocycles. The Balaban J connectivity index is 1.63. The van der Waals surface area contributed by atoms with Gasteiger partial charge in [0.15, 0.2) is 11.5 Å². The quantitative estimate of drug-likeness (QED) is 0.634. The summed E-state index contributed by atoms with van der Waals surface area (Å²) in [5, 5.41) is 0. The number of rotatable bonds is 5. The van der Waals surface area contributed by atoms with Crippen LogP contribution in [0.15, 0.2) is 41.4 Å². The normalized spacial score (nSPS) is 15.7. The van der Waals surface area contributed by atoms with Gasteiger partial charge in [-0.25, -0.2) is 22.2 Å². The highest BCUT2D eigenvalue weighted by atomic mass is 32.2. The van der Waals surface area contributed by atoms with E-state index >= 15 is 0 Å². The molecule has 1 amide bonds. The van der Waals surface area contributed by atoms with Gasteiger partial charge in [-0.05, 0) is 18.2 Å². The first kappa shape index (κ1) is 22.9. The van der Waals surface area contributed by atoms with Gasteiger partial charge in [0.1, 0.15) is 11.6 Å². The highest BCUT2D eigenvalue weighted by Gasteiger charge is 2.34. The van der Waals surface area contributed by atoms with Gasteiger partial charge < -0.3 is 9.64 Å². The third-order valence-corrected chi connectivity index (χ3v) is 6.36. The molecule has 0 spiro atoms. The minimum atomic E-state index is -4.53. The van der Waals surface area contributed by atoms with E-state index in [0.717, 1.165) is 34.8 Å². The Morgan fingerprint density at radius 1 is 1.03 bits per heavy atom. The van der Waals surface area contributed by atoms with Crippen LogP contribution in [0.2, 0.25) is 0 Å². The molecule has 1 aliphatic rings. The lowest BCUT2D eigenvalue weighted by Gasteiger charge is -2.34. The summed E-state index contributed by atoms with van der Waals surface area (Å²) in [6.45, 7) is -2.02. The fourth-order valence-corrected chi connectivity index (χ4v) is 4.45. The Morgan fingerprint density at radius 3 is 2.16 bits per heavy atom. The molecule has 0 unspecified atom stereocenters. The number of carbonyl (C=O) groups excluding carboxylic acids is 1. The molecule has 13 heteroatoms. The van der Waals surface area contributed by atoms with Gasteiger partial charge in [-0.3, -0.25) is 4.79 Å². The number of amides is 1. The third-order valence-electron chi connectivity index (χ3n) is 4.41. The molecule has 0 radical (unpaired) electrons. The molecule has 1 fully saturated rings. The summed E-state index contributed by atoms with van der Waals surface area (Å²) in [4.78, 5) is 16.4. The van der Waals surface area contributed by atoms with E-state index in [2.05, 4.69) is 9.72 Å². The molecule has 1 aliphatic heterocycles. The van der Waals surface area contributed by atoms with Crippen molar-refractivity contribution in [2.75, 3.05) is 32.8 Å². The largest absolute Gasteiger partial charge is 0.468 e. The van der Waals surface area contributed by atoms with Crippen LogP contribution in [-0.4, -0.2) is 67.5 Å². The van der Waals surface area contributed by atoms with Crippen LogP contribution in [0.4, 0.5) is 22.0 Å². The van der Waals surface area contributed by atoms with E-state index in [1.54, 1.807) is 0 Å². The number of hydrogen-bond acceptors (Lipinski definition) is 5. The van der Waals surface area contributed by atoms with E-state index in [9.17, 15) is 35.2 Å². The molecule has 0 N–H and O–H groups in total. The number of sulfonamides is 1. The van der Waals surface area contributed by atoms with Crippen LogP contribution in [0.5, 0.6) is 5.88 Å². The summed E-state index contributed by atoms with van der Waals surface area (Å²) in [6, 6.07) is 5.07. The second-order valence-electron chi connectivity index (χ2n) is 6.54. The number of hydrogen-bond donors (Lipinski definition) is 0. The predicted molar refractivity (Wildman–Crippen MR) is 96.8 cm³/mol. The van der Waals surface area contributed by atoms with Crippen molar-refractivity contribution >= 4 is 15.9 Å². The molecular formula is C18H16F5N3O4S. The Bertz CT molecular complexity index is 1030. The molecule has 168 valence electrons. The minimum absolute atomic E-state index is 0.0551. The zero-order valence-electron chi connectivity index (χ0n) is 15.8. The number of piperazine rings is 1. The molecule has 0 aliphatic carbocycles. The molecule has 0 bridgehead atoms. The number of pyridine rings is 1. The summed E-state index contributed by atoms with van der Waals surface area (Å²) >= 11 is 0. The van der Waals surface area contributed by atoms with E-state index < -0.39 is 45.2 Å². The van der Waals surface area contributed by atoms with E-state index in [-0.39, 0.29) is 37.6 Å². The highest BCUT2D eigenvalue weighted by Crippen LogP contribution is 2.24. The second kappa shape index (κ2) is 8.75.